The average molecular weight is 236 g/mol. The molecule has 1 aromatic carbocycles. The molecule has 5 nitrogen and oxygen atoms in total. The number of hydrogen-bond donors (Lipinski definition) is 3. The summed E-state index contributed by atoms with van der Waals surface area (Å²) in [5, 5.41) is 14.6. The number of ether oxygens (including phenoxy) is 1. The van der Waals surface area contributed by atoms with Crippen molar-refractivity contribution < 1.29 is 14.6 Å². The number of anilines is 1. The molecule has 0 atom stereocenters. The topological polar surface area (TPSA) is 70.6 Å². The Labute approximate surface area is 99.8 Å². The van der Waals surface area contributed by atoms with Crippen LogP contribution in [0.4, 0.5) is 5.69 Å². The molecule has 1 heterocycles. The van der Waals surface area contributed by atoms with E-state index < -0.39 is 0 Å². The van der Waals surface area contributed by atoms with Crippen LogP contribution in [-0.4, -0.2) is 30.8 Å². The van der Waals surface area contributed by atoms with Crippen molar-refractivity contribution in [3.63, 3.8) is 0 Å². The molecule has 2 rings (SSSR count). The van der Waals surface area contributed by atoms with Gasteiger partial charge in [0, 0.05) is 13.2 Å². The van der Waals surface area contributed by atoms with E-state index in [4.69, 9.17) is 9.84 Å². The molecule has 0 saturated heterocycles. The van der Waals surface area contributed by atoms with Crippen LogP contribution in [0.3, 0.4) is 0 Å². The number of rotatable bonds is 5. The summed E-state index contributed by atoms with van der Waals surface area (Å²) < 4.78 is 5.27. The minimum absolute atomic E-state index is 0.0844. The third-order valence-corrected chi connectivity index (χ3v) is 2.52. The van der Waals surface area contributed by atoms with Gasteiger partial charge in [-0.15, -0.1) is 0 Å². The zero-order valence-corrected chi connectivity index (χ0v) is 9.53. The fourth-order valence-corrected chi connectivity index (χ4v) is 1.68. The van der Waals surface area contributed by atoms with E-state index in [1.165, 1.54) is 0 Å². The predicted octanol–water partition coefficient (Wildman–Crippen LogP) is 0.489. The molecule has 0 spiro atoms. The molecular formula is C12H16N2O3. The zero-order chi connectivity index (χ0) is 12.1. The number of aliphatic hydroxyl groups excluding tert-OH is 1. The third kappa shape index (κ3) is 3.18. The molecule has 17 heavy (non-hydrogen) atoms. The number of carbonyl (C=O) groups excluding carboxylic acids is 1. The Morgan fingerprint density at radius 3 is 3.18 bits per heavy atom. The quantitative estimate of drug-likeness (QED) is 0.651. The van der Waals surface area contributed by atoms with Gasteiger partial charge in [0.25, 0.3) is 5.91 Å². The van der Waals surface area contributed by atoms with E-state index in [0.29, 0.717) is 12.3 Å². The van der Waals surface area contributed by atoms with Gasteiger partial charge in [-0.1, -0.05) is 6.07 Å². The lowest BCUT2D eigenvalue weighted by Crippen LogP contribution is -2.25. The summed E-state index contributed by atoms with van der Waals surface area (Å²) >= 11 is 0. The fourth-order valence-electron chi connectivity index (χ4n) is 1.68. The summed E-state index contributed by atoms with van der Waals surface area (Å²) in [4.78, 5) is 11.2. The van der Waals surface area contributed by atoms with E-state index in [1.54, 1.807) is 0 Å². The highest BCUT2D eigenvalue weighted by Gasteiger charge is 2.15. The van der Waals surface area contributed by atoms with Gasteiger partial charge in [-0.2, -0.15) is 0 Å². The van der Waals surface area contributed by atoms with E-state index in [1.807, 2.05) is 18.2 Å². The molecule has 1 aromatic rings. The van der Waals surface area contributed by atoms with Crippen molar-refractivity contribution in [3.05, 3.63) is 23.8 Å². The van der Waals surface area contributed by atoms with E-state index in [-0.39, 0.29) is 19.1 Å². The molecule has 0 radical (unpaired) electrons. The van der Waals surface area contributed by atoms with Crippen molar-refractivity contribution >= 4 is 11.6 Å². The smallest absolute Gasteiger partial charge is 0.262 e. The number of hydrogen-bond acceptors (Lipinski definition) is 4. The molecule has 0 aliphatic carbocycles. The SMILES string of the molecule is O=C1COc2ccc(CNCCCO)cc2N1. The zero-order valence-electron chi connectivity index (χ0n) is 9.53. The predicted molar refractivity (Wildman–Crippen MR) is 64.0 cm³/mol. The van der Waals surface area contributed by atoms with Crippen molar-refractivity contribution in [1.82, 2.24) is 5.32 Å². The van der Waals surface area contributed by atoms with Crippen molar-refractivity contribution in [1.29, 1.82) is 0 Å². The van der Waals surface area contributed by atoms with Crippen LogP contribution in [-0.2, 0) is 11.3 Å². The number of amides is 1. The second-order valence-corrected chi connectivity index (χ2v) is 3.92. The highest BCUT2D eigenvalue weighted by Crippen LogP contribution is 2.28. The largest absolute Gasteiger partial charge is 0.482 e. The molecule has 3 N–H and O–H groups in total. The minimum atomic E-state index is -0.122. The van der Waals surface area contributed by atoms with Gasteiger partial charge in [-0.25, -0.2) is 0 Å². The van der Waals surface area contributed by atoms with Crippen molar-refractivity contribution in [3.8, 4) is 5.75 Å². The highest BCUT2D eigenvalue weighted by atomic mass is 16.5. The lowest BCUT2D eigenvalue weighted by molar-refractivity contribution is -0.118. The molecule has 1 aliphatic heterocycles. The molecule has 0 saturated carbocycles. The molecule has 0 bridgehead atoms. The fraction of sp³-hybridized carbons (Fsp3) is 0.417. The summed E-state index contributed by atoms with van der Waals surface area (Å²) in [5.74, 6) is 0.589. The van der Waals surface area contributed by atoms with Crippen LogP contribution >= 0.6 is 0 Å². The van der Waals surface area contributed by atoms with Crippen LogP contribution in [0.5, 0.6) is 5.75 Å². The number of aliphatic hydroxyl groups is 1. The lowest BCUT2D eigenvalue weighted by atomic mass is 10.1. The maximum Gasteiger partial charge on any atom is 0.262 e. The molecule has 0 aromatic heterocycles. The number of fused-ring (bicyclic) bond motifs is 1. The standard InChI is InChI=1S/C12H16N2O3/c15-5-1-4-13-7-9-2-3-11-10(6-9)14-12(16)8-17-11/h2-3,6,13,15H,1,4-5,7-8H2,(H,14,16). The normalized spacial score (nSPS) is 13.8. The number of benzene rings is 1. The van der Waals surface area contributed by atoms with Gasteiger partial charge in [0.2, 0.25) is 0 Å². The first-order valence-electron chi connectivity index (χ1n) is 5.67. The van der Waals surface area contributed by atoms with Gasteiger partial charge >= 0.3 is 0 Å². The first-order valence-corrected chi connectivity index (χ1v) is 5.67. The van der Waals surface area contributed by atoms with E-state index >= 15 is 0 Å². The van der Waals surface area contributed by atoms with Crippen LogP contribution in [0.25, 0.3) is 0 Å². The van der Waals surface area contributed by atoms with E-state index in [2.05, 4.69) is 10.6 Å². The second-order valence-electron chi connectivity index (χ2n) is 3.92. The maximum atomic E-state index is 11.2. The van der Waals surface area contributed by atoms with Gasteiger partial charge in [0.05, 0.1) is 5.69 Å². The molecule has 92 valence electrons. The Balaban J connectivity index is 1.95. The Morgan fingerprint density at radius 1 is 1.47 bits per heavy atom. The number of carbonyl (C=O) groups is 1. The molecule has 0 fully saturated rings. The summed E-state index contributed by atoms with van der Waals surface area (Å²) in [7, 11) is 0. The van der Waals surface area contributed by atoms with Crippen LogP contribution in [0, 0.1) is 0 Å². The van der Waals surface area contributed by atoms with Crippen LogP contribution in [0.1, 0.15) is 12.0 Å². The van der Waals surface area contributed by atoms with E-state index in [9.17, 15) is 4.79 Å². The minimum Gasteiger partial charge on any atom is -0.482 e. The second kappa shape index (κ2) is 5.65. The van der Waals surface area contributed by atoms with Gasteiger partial charge in [-0.3, -0.25) is 4.79 Å². The third-order valence-electron chi connectivity index (χ3n) is 2.52. The van der Waals surface area contributed by atoms with E-state index in [0.717, 1.165) is 24.2 Å². The van der Waals surface area contributed by atoms with Gasteiger partial charge in [0.1, 0.15) is 5.75 Å². The molecule has 1 amide bonds. The Hall–Kier alpha value is -1.59. The van der Waals surface area contributed by atoms with Crippen LogP contribution < -0.4 is 15.4 Å². The molecule has 5 heteroatoms. The highest BCUT2D eigenvalue weighted by molar-refractivity contribution is 5.95. The summed E-state index contributed by atoms with van der Waals surface area (Å²) in [6, 6.07) is 5.72. The summed E-state index contributed by atoms with van der Waals surface area (Å²) in [5.41, 5.74) is 1.80. The monoisotopic (exact) mass is 236 g/mol. The average Bonchev–Trinajstić information content (AvgIpc) is 2.34. The maximum absolute atomic E-state index is 11.2. The molecular weight excluding hydrogens is 220 g/mol. The summed E-state index contributed by atoms with van der Waals surface area (Å²) in [6.07, 6.45) is 0.741. The van der Waals surface area contributed by atoms with Crippen molar-refractivity contribution in [2.45, 2.75) is 13.0 Å². The van der Waals surface area contributed by atoms with Crippen molar-refractivity contribution in [2.24, 2.45) is 0 Å². The first-order chi connectivity index (χ1) is 8.29. The molecule has 1 aliphatic rings. The number of nitrogens with one attached hydrogen (secondary N) is 2. The van der Waals surface area contributed by atoms with Crippen molar-refractivity contribution in [2.75, 3.05) is 25.1 Å². The Kier molecular flexibility index (Phi) is 3.95. The van der Waals surface area contributed by atoms with Gasteiger partial charge in [-0.05, 0) is 30.7 Å². The first kappa shape index (κ1) is 11.9. The molecule has 0 unspecified atom stereocenters. The summed E-state index contributed by atoms with van der Waals surface area (Å²) in [6.45, 7) is 1.77. The van der Waals surface area contributed by atoms with Gasteiger partial charge < -0.3 is 20.5 Å². The Morgan fingerprint density at radius 2 is 2.35 bits per heavy atom. The Bertz CT molecular complexity index is 407. The van der Waals surface area contributed by atoms with Crippen LogP contribution in [0.2, 0.25) is 0 Å². The lowest BCUT2D eigenvalue weighted by Gasteiger charge is -2.18. The van der Waals surface area contributed by atoms with Gasteiger partial charge in [0.15, 0.2) is 6.61 Å². The van der Waals surface area contributed by atoms with Crippen LogP contribution in [0.15, 0.2) is 18.2 Å².